The summed E-state index contributed by atoms with van der Waals surface area (Å²) in [4.78, 5) is 26.7. The molecule has 2 amide bonds. The number of piperidine rings is 1. The van der Waals surface area contributed by atoms with Crippen molar-refractivity contribution >= 4 is 11.8 Å². The summed E-state index contributed by atoms with van der Waals surface area (Å²) in [5.41, 5.74) is 1.09. The topological polar surface area (TPSA) is 58.6 Å². The van der Waals surface area contributed by atoms with Gasteiger partial charge in [0.15, 0.2) is 0 Å². The Hall–Kier alpha value is -2.04. The molecule has 1 atom stereocenters. The minimum Gasteiger partial charge on any atom is -0.497 e. The van der Waals surface area contributed by atoms with E-state index in [0.717, 1.165) is 30.6 Å². The molecule has 1 unspecified atom stereocenters. The van der Waals surface area contributed by atoms with Crippen LogP contribution in [0.15, 0.2) is 24.3 Å². The zero-order chi connectivity index (χ0) is 19.1. The van der Waals surface area contributed by atoms with Gasteiger partial charge in [-0.05, 0) is 42.9 Å². The van der Waals surface area contributed by atoms with Gasteiger partial charge in [0.05, 0.1) is 13.2 Å². The van der Waals surface area contributed by atoms with Gasteiger partial charge in [0, 0.05) is 25.4 Å². The molecule has 0 saturated carbocycles. The van der Waals surface area contributed by atoms with Gasteiger partial charge in [0.25, 0.3) is 0 Å². The molecule has 1 fully saturated rings. The minimum absolute atomic E-state index is 0.0137. The van der Waals surface area contributed by atoms with Gasteiger partial charge in [-0.3, -0.25) is 9.59 Å². The number of hydrogen-bond donors (Lipinski definition) is 1. The highest BCUT2D eigenvalue weighted by Gasteiger charge is 2.29. The second kappa shape index (κ2) is 9.60. The van der Waals surface area contributed by atoms with E-state index in [-0.39, 0.29) is 23.8 Å². The lowest BCUT2D eigenvalue weighted by atomic mass is 9.92. The zero-order valence-corrected chi connectivity index (χ0v) is 16.5. The first kappa shape index (κ1) is 20.3. The van der Waals surface area contributed by atoms with Crippen LogP contribution in [0.25, 0.3) is 0 Å². The summed E-state index contributed by atoms with van der Waals surface area (Å²) in [6, 6.07) is 7.85. The normalized spacial score (nSPS) is 16.4. The van der Waals surface area contributed by atoms with Crippen LogP contribution in [0.1, 0.15) is 58.1 Å². The van der Waals surface area contributed by atoms with Gasteiger partial charge < -0.3 is 15.0 Å². The maximum absolute atomic E-state index is 12.8. The Kier molecular flexibility index (Phi) is 7.49. The number of methoxy groups -OCH3 is 1. The van der Waals surface area contributed by atoms with Crippen LogP contribution in [-0.4, -0.2) is 36.9 Å². The quantitative estimate of drug-likeness (QED) is 0.809. The van der Waals surface area contributed by atoms with E-state index in [2.05, 4.69) is 19.2 Å². The second-order valence-corrected chi connectivity index (χ2v) is 7.41. The van der Waals surface area contributed by atoms with E-state index < -0.39 is 0 Å². The van der Waals surface area contributed by atoms with Crippen molar-refractivity contribution in [2.45, 2.75) is 52.5 Å². The smallest absolute Gasteiger partial charge is 0.223 e. The highest BCUT2D eigenvalue weighted by molar-refractivity contribution is 5.80. The summed E-state index contributed by atoms with van der Waals surface area (Å²) >= 11 is 0. The van der Waals surface area contributed by atoms with Gasteiger partial charge in [-0.1, -0.05) is 32.9 Å². The van der Waals surface area contributed by atoms with Crippen LogP contribution in [0.2, 0.25) is 0 Å². The Labute approximate surface area is 157 Å². The van der Waals surface area contributed by atoms with Crippen molar-refractivity contribution < 1.29 is 14.3 Å². The van der Waals surface area contributed by atoms with E-state index in [1.807, 2.05) is 36.1 Å². The summed E-state index contributed by atoms with van der Waals surface area (Å²) < 4.78 is 5.21. The second-order valence-electron chi connectivity index (χ2n) is 7.41. The predicted octanol–water partition coefficient (Wildman–Crippen LogP) is 3.55. The summed E-state index contributed by atoms with van der Waals surface area (Å²) in [7, 11) is 1.65. The molecule has 0 bridgehead atoms. The van der Waals surface area contributed by atoms with Gasteiger partial charge >= 0.3 is 0 Å². The van der Waals surface area contributed by atoms with Crippen molar-refractivity contribution in [1.29, 1.82) is 0 Å². The van der Waals surface area contributed by atoms with Crippen LogP contribution in [0.5, 0.6) is 5.75 Å². The monoisotopic (exact) mass is 360 g/mol. The summed E-state index contributed by atoms with van der Waals surface area (Å²) in [6.07, 6.45) is 2.96. The van der Waals surface area contributed by atoms with Crippen LogP contribution >= 0.6 is 0 Å². The molecular formula is C21H32N2O3. The Balaban J connectivity index is 1.94. The summed E-state index contributed by atoms with van der Waals surface area (Å²) in [6.45, 7) is 7.61. The number of ether oxygens (including phenoxy) is 1. The maximum atomic E-state index is 12.8. The Bertz CT molecular complexity index is 590. The first-order valence-electron chi connectivity index (χ1n) is 9.68. The zero-order valence-electron chi connectivity index (χ0n) is 16.5. The van der Waals surface area contributed by atoms with Gasteiger partial charge in [-0.25, -0.2) is 0 Å². The molecule has 0 aromatic heterocycles. The largest absolute Gasteiger partial charge is 0.497 e. The number of carbonyl (C=O) groups is 2. The molecule has 1 aliphatic heterocycles. The Morgan fingerprint density at radius 2 is 1.81 bits per heavy atom. The average molecular weight is 360 g/mol. The molecule has 0 spiro atoms. The molecule has 1 N–H and O–H groups in total. The number of rotatable bonds is 7. The molecule has 1 heterocycles. The molecule has 0 aliphatic carbocycles. The van der Waals surface area contributed by atoms with E-state index in [9.17, 15) is 9.59 Å². The molecule has 1 aromatic rings. The fraction of sp³-hybridized carbons (Fsp3) is 0.619. The minimum atomic E-state index is -0.0202. The number of benzene rings is 1. The Morgan fingerprint density at radius 3 is 2.31 bits per heavy atom. The molecule has 1 aromatic carbocycles. The van der Waals surface area contributed by atoms with E-state index in [4.69, 9.17) is 4.74 Å². The van der Waals surface area contributed by atoms with Crippen molar-refractivity contribution in [3.8, 4) is 5.75 Å². The third kappa shape index (κ3) is 5.23. The van der Waals surface area contributed by atoms with Crippen molar-refractivity contribution in [3.05, 3.63) is 29.8 Å². The molecule has 0 radical (unpaired) electrons. The lowest BCUT2D eigenvalue weighted by Crippen LogP contribution is -2.44. The first-order chi connectivity index (χ1) is 12.5. The molecule has 144 valence electrons. The summed E-state index contributed by atoms with van der Waals surface area (Å²) in [5, 5.41) is 3.23. The molecule has 2 rings (SSSR count). The van der Waals surface area contributed by atoms with Crippen molar-refractivity contribution in [2.75, 3.05) is 20.2 Å². The number of hydrogen-bond acceptors (Lipinski definition) is 3. The number of likely N-dealkylation sites (tertiary alicyclic amines) is 1. The van der Waals surface area contributed by atoms with E-state index in [0.29, 0.717) is 25.4 Å². The van der Waals surface area contributed by atoms with Crippen molar-refractivity contribution in [1.82, 2.24) is 10.2 Å². The van der Waals surface area contributed by atoms with E-state index >= 15 is 0 Å². The SMILES string of the molecule is CCCC(=O)N1CCC(C(=O)NC(c2ccc(OC)cc2)C(C)C)CC1. The van der Waals surface area contributed by atoms with E-state index in [1.54, 1.807) is 7.11 Å². The first-order valence-corrected chi connectivity index (χ1v) is 9.68. The molecular weight excluding hydrogens is 328 g/mol. The van der Waals surface area contributed by atoms with Gasteiger partial charge in [-0.2, -0.15) is 0 Å². The fourth-order valence-electron chi connectivity index (χ4n) is 3.48. The summed E-state index contributed by atoms with van der Waals surface area (Å²) in [5.74, 6) is 1.40. The third-order valence-corrected chi connectivity index (χ3v) is 5.12. The van der Waals surface area contributed by atoms with Crippen molar-refractivity contribution in [3.63, 3.8) is 0 Å². The molecule has 5 nitrogen and oxygen atoms in total. The maximum Gasteiger partial charge on any atom is 0.223 e. The van der Waals surface area contributed by atoms with Gasteiger partial charge in [-0.15, -0.1) is 0 Å². The number of nitrogens with one attached hydrogen (secondary N) is 1. The Morgan fingerprint density at radius 1 is 1.19 bits per heavy atom. The van der Waals surface area contributed by atoms with Gasteiger partial charge in [0.1, 0.15) is 5.75 Å². The lowest BCUT2D eigenvalue weighted by Gasteiger charge is -2.33. The average Bonchev–Trinajstić information content (AvgIpc) is 2.66. The van der Waals surface area contributed by atoms with Crippen LogP contribution < -0.4 is 10.1 Å². The van der Waals surface area contributed by atoms with Crippen LogP contribution in [0.3, 0.4) is 0 Å². The number of nitrogens with zero attached hydrogens (tertiary/aromatic N) is 1. The molecule has 1 aliphatic rings. The van der Waals surface area contributed by atoms with Crippen LogP contribution in [0, 0.1) is 11.8 Å². The molecule has 5 heteroatoms. The highest BCUT2D eigenvalue weighted by Crippen LogP contribution is 2.26. The predicted molar refractivity (Wildman–Crippen MR) is 103 cm³/mol. The van der Waals surface area contributed by atoms with Crippen molar-refractivity contribution in [2.24, 2.45) is 11.8 Å². The highest BCUT2D eigenvalue weighted by atomic mass is 16.5. The lowest BCUT2D eigenvalue weighted by molar-refractivity contribution is -0.136. The van der Waals surface area contributed by atoms with Crippen LogP contribution in [-0.2, 0) is 9.59 Å². The molecule has 26 heavy (non-hydrogen) atoms. The molecule has 1 saturated heterocycles. The van der Waals surface area contributed by atoms with Crippen LogP contribution in [0.4, 0.5) is 0 Å². The van der Waals surface area contributed by atoms with E-state index in [1.165, 1.54) is 0 Å². The fourth-order valence-corrected chi connectivity index (χ4v) is 3.48. The number of carbonyl (C=O) groups excluding carboxylic acids is 2. The van der Waals surface area contributed by atoms with Gasteiger partial charge in [0.2, 0.25) is 11.8 Å². The standard InChI is InChI=1S/C21H32N2O3/c1-5-6-19(24)23-13-11-17(12-14-23)21(25)22-20(15(2)3)16-7-9-18(26-4)10-8-16/h7-10,15,17,20H,5-6,11-14H2,1-4H3,(H,22,25). The number of amides is 2. The third-order valence-electron chi connectivity index (χ3n) is 5.12.